The smallest absolute Gasteiger partial charge is 0.315 e. The van der Waals surface area contributed by atoms with Crippen LogP contribution in [0.1, 0.15) is 73.3 Å². The van der Waals surface area contributed by atoms with Crippen LogP contribution in [0.2, 0.25) is 0 Å². The molecule has 3 aliphatic rings. The van der Waals surface area contributed by atoms with Crippen LogP contribution in [0.15, 0.2) is 41.8 Å². The van der Waals surface area contributed by atoms with E-state index in [9.17, 15) is 32.4 Å². The molecular formula is C36H52Cl2N6O7S. The topological polar surface area (TPSA) is 174 Å². The maximum atomic E-state index is 14.4. The van der Waals surface area contributed by atoms with Crippen molar-refractivity contribution in [2.45, 2.75) is 108 Å². The molecule has 288 valence electrons. The Morgan fingerprint density at radius 1 is 1.02 bits per heavy atom. The zero-order valence-electron chi connectivity index (χ0n) is 30.9. The van der Waals surface area contributed by atoms with Crippen molar-refractivity contribution in [1.82, 2.24) is 30.5 Å². The second kappa shape index (κ2) is 15.6. The summed E-state index contributed by atoms with van der Waals surface area (Å²) < 4.78 is 26.7. The quantitative estimate of drug-likeness (QED) is 0.127. The van der Waals surface area contributed by atoms with E-state index in [4.69, 9.17) is 23.2 Å². The first-order valence-electron chi connectivity index (χ1n) is 17.6. The summed E-state index contributed by atoms with van der Waals surface area (Å²) in [5.41, 5.74) is -0.753. The fraction of sp³-hybridized carbons (Fsp3) is 0.639. The number of carbonyl (C=O) groups is 5. The number of hydrogen-bond donors (Lipinski definition) is 4. The fourth-order valence-electron chi connectivity index (χ4n) is 6.83. The second-order valence-corrected chi connectivity index (χ2v) is 19.4. The number of urea groups is 1. The van der Waals surface area contributed by atoms with Crippen molar-refractivity contribution in [2.75, 3.05) is 19.6 Å². The van der Waals surface area contributed by atoms with Crippen LogP contribution < -0.4 is 21.3 Å². The largest absolute Gasteiger partial charge is 0.346 e. The van der Waals surface area contributed by atoms with Gasteiger partial charge in [-0.2, -0.15) is 4.31 Å². The van der Waals surface area contributed by atoms with Crippen molar-refractivity contribution >= 4 is 62.8 Å². The van der Waals surface area contributed by atoms with Gasteiger partial charge in [-0.05, 0) is 28.9 Å². The summed E-state index contributed by atoms with van der Waals surface area (Å²) in [6.07, 6.45) is 2.89. The maximum absolute atomic E-state index is 14.4. The molecule has 4 rings (SSSR count). The first-order valence-corrected chi connectivity index (χ1v) is 19.8. The number of alkyl halides is 2. The first-order chi connectivity index (χ1) is 24.1. The average Bonchev–Trinajstić information content (AvgIpc) is 3.31. The molecule has 13 nitrogen and oxygen atoms in total. The molecule has 52 heavy (non-hydrogen) atoms. The Morgan fingerprint density at radius 2 is 1.67 bits per heavy atom. The third-order valence-corrected chi connectivity index (χ3v) is 13.0. The monoisotopic (exact) mass is 782 g/mol. The number of unbranched alkanes of at least 4 members (excludes halogenated alkanes) is 1. The van der Waals surface area contributed by atoms with Crippen molar-refractivity contribution in [1.29, 1.82) is 0 Å². The number of ketones is 1. The Labute approximate surface area is 317 Å². The van der Waals surface area contributed by atoms with Gasteiger partial charge in [-0.25, -0.2) is 13.2 Å². The SMILES string of the molecule is C=CCNC(=O)C(=O)C(CCCC)NC(=O)[C@@H]1[C@@H]2[C@H](CN1C(=O)[C@@H](NC(=O)NC(CN1Cc3ccccc3S1(=O)=O)C(C)(C)C)C(C)(C)C)C2(Cl)Cl. The molecule has 2 heterocycles. The highest BCUT2D eigenvalue weighted by molar-refractivity contribution is 7.89. The van der Waals surface area contributed by atoms with E-state index < -0.39 is 90.7 Å². The summed E-state index contributed by atoms with van der Waals surface area (Å²) in [6, 6.07) is 1.99. The third kappa shape index (κ3) is 8.77. The number of benzene rings is 1. The lowest BCUT2D eigenvalue weighted by atomic mass is 9.85. The van der Waals surface area contributed by atoms with E-state index in [1.807, 2.05) is 27.7 Å². The van der Waals surface area contributed by atoms with Crippen LogP contribution in [-0.2, 0) is 35.7 Å². The lowest BCUT2D eigenvalue weighted by molar-refractivity contribution is -0.144. The number of rotatable bonds is 14. The molecule has 0 aromatic heterocycles. The highest BCUT2D eigenvalue weighted by atomic mass is 35.5. The molecule has 0 spiro atoms. The Bertz CT molecular complexity index is 1690. The van der Waals surface area contributed by atoms with E-state index >= 15 is 0 Å². The van der Waals surface area contributed by atoms with Crippen molar-refractivity contribution in [3.63, 3.8) is 0 Å². The number of likely N-dealkylation sites (tertiary alicyclic amines) is 1. The predicted molar refractivity (Wildman–Crippen MR) is 199 cm³/mol. The number of piperidine rings is 1. The Morgan fingerprint density at radius 3 is 2.25 bits per heavy atom. The van der Waals surface area contributed by atoms with E-state index in [-0.39, 0.29) is 37.5 Å². The van der Waals surface area contributed by atoms with E-state index in [1.54, 1.807) is 45.0 Å². The van der Waals surface area contributed by atoms with Crippen LogP contribution in [0.5, 0.6) is 0 Å². The molecule has 2 aliphatic heterocycles. The number of hydrogen-bond acceptors (Lipinski definition) is 7. The number of fused-ring (bicyclic) bond motifs is 2. The predicted octanol–water partition coefficient (Wildman–Crippen LogP) is 3.50. The lowest BCUT2D eigenvalue weighted by Crippen LogP contribution is -2.62. The zero-order chi connectivity index (χ0) is 39.0. The lowest BCUT2D eigenvalue weighted by Gasteiger charge is -2.38. The number of amides is 5. The van der Waals surface area contributed by atoms with Gasteiger partial charge in [0.15, 0.2) is 0 Å². The number of nitrogens with zero attached hydrogens (tertiary/aromatic N) is 2. The summed E-state index contributed by atoms with van der Waals surface area (Å²) in [5, 5.41) is 10.9. The molecule has 6 atom stereocenters. The number of halogens is 2. The van der Waals surface area contributed by atoms with Gasteiger partial charge < -0.3 is 26.2 Å². The van der Waals surface area contributed by atoms with E-state index in [0.29, 0.717) is 18.4 Å². The molecule has 2 fully saturated rings. The van der Waals surface area contributed by atoms with Crippen molar-refractivity contribution < 1.29 is 32.4 Å². The first kappa shape index (κ1) is 41.6. The minimum absolute atomic E-state index is 0.00312. The van der Waals surface area contributed by atoms with Gasteiger partial charge in [0.05, 0.1) is 10.9 Å². The van der Waals surface area contributed by atoms with Crippen LogP contribution in [-0.4, -0.2) is 95.3 Å². The molecule has 4 N–H and O–H groups in total. The van der Waals surface area contributed by atoms with Crippen molar-refractivity contribution in [3.05, 3.63) is 42.5 Å². The fourth-order valence-corrected chi connectivity index (χ4v) is 9.30. The van der Waals surface area contributed by atoms with Crippen LogP contribution in [0.4, 0.5) is 4.79 Å². The zero-order valence-corrected chi connectivity index (χ0v) is 33.3. The standard InChI is InChI=1S/C36H52Cl2N6O7S/c1-9-11-15-23(28(45)31(47)39-17-10-2)40-30(46)27-26-22(36(26,37)38)19-44(27)32(48)29(35(6,7)8)42-33(49)41-25(34(3,4)5)20-43-18-21-14-12-13-16-24(21)52(43,50)51/h10,12-14,16,22-23,25-27,29H,2,9,11,15,17-20H2,1,3-8H3,(H,39,47)(H,40,46)(H2,41,42,49)/t22-,23?,25?,26-,27-,29+/m0/s1. The third-order valence-electron chi connectivity index (χ3n) is 10.1. The highest BCUT2D eigenvalue weighted by Gasteiger charge is 2.74. The highest BCUT2D eigenvalue weighted by Crippen LogP contribution is 2.65. The van der Waals surface area contributed by atoms with Crippen molar-refractivity contribution in [2.24, 2.45) is 22.7 Å². The van der Waals surface area contributed by atoms with Gasteiger partial charge in [-0.15, -0.1) is 29.8 Å². The summed E-state index contributed by atoms with van der Waals surface area (Å²) in [5.74, 6) is -3.97. The Balaban J connectivity index is 1.53. The van der Waals surface area contributed by atoms with E-state index in [1.165, 1.54) is 15.3 Å². The Hall–Kier alpha value is -3.20. The molecule has 1 aromatic carbocycles. The molecule has 1 saturated carbocycles. The maximum Gasteiger partial charge on any atom is 0.315 e. The van der Waals surface area contributed by atoms with Gasteiger partial charge in [0.1, 0.15) is 16.4 Å². The van der Waals surface area contributed by atoms with Gasteiger partial charge in [0, 0.05) is 44.1 Å². The normalized spacial score (nSPS) is 23.3. The number of carbonyl (C=O) groups excluding carboxylic acids is 5. The van der Waals surface area contributed by atoms with Gasteiger partial charge in [-0.3, -0.25) is 19.2 Å². The van der Waals surface area contributed by atoms with E-state index in [2.05, 4.69) is 27.8 Å². The Kier molecular flexibility index (Phi) is 12.5. The van der Waals surface area contributed by atoms with Crippen molar-refractivity contribution in [3.8, 4) is 0 Å². The minimum atomic E-state index is -3.77. The summed E-state index contributed by atoms with van der Waals surface area (Å²) >= 11 is 13.1. The van der Waals surface area contributed by atoms with Gasteiger partial charge >= 0.3 is 6.03 Å². The summed E-state index contributed by atoms with van der Waals surface area (Å²) in [6.45, 7) is 16.7. The molecule has 0 radical (unpaired) electrons. The van der Waals surface area contributed by atoms with Crippen LogP contribution >= 0.6 is 23.2 Å². The van der Waals surface area contributed by atoms with Crippen LogP contribution in [0.3, 0.4) is 0 Å². The average molecular weight is 784 g/mol. The molecule has 1 saturated heterocycles. The molecule has 16 heteroatoms. The minimum Gasteiger partial charge on any atom is -0.346 e. The number of Topliss-reactive ketones (excluding diaryl/α,β-unsaturated/α-hetero) is 1. The molecule has 1 aliphatic carbocycles. The van der Waals surface area contributed by atoms with Gasteiger partial charge in [0.25, 0.3) is 5.91 Å². The molecular weight excluding hydrogens is 731 g/mol. The second-order valence-electron chi connectivity index (χ2n) is 16.0. The van der Waals surface area contributed by atoms with Gasteiger partial charge in [-0.1, -0.05) is 85.6 Å². The summed E-state index contributed by atoms with van der Waals surface area (Å²) in [4.78, 5) is 69.3. The molecule has 0 bridgehead atoms. The summed E-state index contributed by atoms with van der Waals surface area (Å²) in [7, 11) is -3.77. The van der Waals surface area contributed by atoms with Crippen LogP contribution in [0.25, 0.3) is 0 Å². The number of nitrogens with one attached hydrogen (secondary N) is 4. The molecule has 5 amide bonds. The molecule has 1 aromatic rings. The molecule has 2 unspecified atom stereocenters. The van der Waals surface area contributed by atoms with Crippen LogP contribution in [0, 0.1) is 22.7 Å². The van der Waals surface area contributed by atoms with E-state index in [0.717, 1.165) is 0 Å². The van der Waals surface area contributed by atoms with Gasteiger partial charge in [0.2, 0.25) is 27.6 Å². The number of sulfonamides is 1.